The second kappa shape index (κ2) is 5.30. The third-order valence-electron chi connectivity index (χ3n) is 4.17. The van der Waals surface area contributed by atoms with Crippen molar-refractivity contribution in [1.29, 1.82) is 0 Å². The van der Waals surface area contributed by atoms with E-state index in [9.17, 15) is 0 Å². The summed E-state index contributed by atoms with van der Waals surface area (Å²) in [5.41, 5.74) is 6.21. The number of hydrogen-bond donors (Lipinski definition) is 2. The molecule has 0 saturated carbocycles. The molecule has 0 aromatic carbocycles. The maximum Gasteiger partial charge on any atom is 0.0331 e. The SMILES string of the molecule is CCN1CCC(CN)(NC2CC=CC2)CC1. The van der Waals surface area contributed by atoms with Gasteiger partial charge in [-0.3, -0.25) is 0 Å². The van der Waals surface area contributed by atoms with E-state index in [0.29, 0.717) is 6.04 Å². The van der Waals surface area contributed by atoms with Crippen molar-refractivity contribution < 1.29 is 0 Å². The van der Waals surface area contributed by atoms with Gasteiger partial charge in [-0.1, -0.05) is 19.1 Å². The summed E-state index contributed by atoms with van der Waals surface area (Å²) < 4.78 is 0. The number of nitrogens with zero attached hydrogens (tertiary/aromatic N) is 1. The quantitative estimate of drug-likeness (QED) is 0.702. The second-order valence-corrected chi connectivity index (χ2v) is 5.20. The first-order chi connectivity index (χ1) is 7.78. The summed E-state index contributed by atoms with van der Waals surface area (Å²) in [6.07, 6.45) is 9.33. The Kier molecular flexibility index (Phi) is 4.00. The third-order valence-corrected chi connectivity index (χ3v) is 4.17. The molecular formula is C13H25N3. The molecule has 0 unspecified atom stereocenters. The first-order valence-electron chi connectivity index (χ1n) is 6.63. The number of piperidine rings is 1. The molecule has 1 heterocycles. The van der Waals surface area contributed by atoms with Crippen molar-refractivity contribution in [2.45, 2.75) is 44.2 Å². The van der Waals surface area contributed by atoms with E-state index in [1.807, 2.05) is 0 Å². The maximum atomic E-state index is 6.00. The molecule has 0 aromatic rings. The molecule has 92 valence electrons. The molecule has 1 aliphatic heterocycles. The van der Waals surface area contributed by atoms with Crippen molar-refractivity contribution >= 4 is 0 Å². The molecule has 2 rings (SSSR count). The average Bonchev–Trinajstić information content (AvgIpc) is 2.83. The molecule has 2 aliphatic rings. The van der Waals surface area contributed by atoms with Gasteiger partial charge in [0, 0.05) is 18.1 Å². The summed E-state index contributed by atoms with van der Waals surface area (Å²) in [7, 11) is 0. The molecule has 1 fully saturated rings. The van der Waals surface area contributed by atoms with Gasteiger partial charge >= 0.3 is 0 Å². The zero-order valence-corrected chi connectivity index (χ0v) is 10.4. The number of nitrogens with two attached hydrogens (primary N) is 1. The van der Waals surface area contributed by atoms with E-state index in [1.165, 1.54) is 45.3 Å². The highest BCUT2D eigenvalue weighted by Crippen LogP contribution is 2.24. The van der Waals surface area contributed by atoms with E-state index in [4.69, 9.17) is 5.73 Å². The van der Waals surface area contributed by atoms with Crippen LogP contribution in [-0.2, 0) is 0 Å². The van der Waals surface area contributed by atoms with Crippen LogP contribution in [0.5, 0.6) is 0 Å². The molecule has 3 nitrogen and oxygen atoms in total. The van der Waals surface area contributed by atoms with Gasteiger partial charge in [-0.25, -0.2) is 0 Å². The lowest BCUT2D eigenvalue weighted by Crippen LogP contribution is -2.59. The Morgan fingerprint density at radius 1 is 1.31 bits per heavy atom. The number of rotatable bonds is 4. The zero-order chi connectivity index (χ0) is 11.4. The third kappa shape index (κ3) is 2.65. The van der Waals surface area contributed by atoms with E-state index in [-0.39, 0.29) is 5.54 Å². The van der Waals surface area contributed by atoms with Crippen LogP contribution >= 0.6 is 0 Å². The topological polar surface area (TPSA) is 41.3 Å². The number of hydrogen-bond acceptors (Lipinski definition) is 3. The summed E-state index contributed by atoms with van der Waals surface area (Å²) in [6.45, 7) is 6.58. The lowest BCUT2D eigenvalue weighted by atomic mass is 9.86. The molecule has 0 atom stereocenters. The van der Waals surface area contributed by atoms with Gasteiger partial charge in [0.05, 0.1) is 0 Å². The van der Waals surface area contributed by atoms with Gasteiger partial charge in [-0.2, -0.15) is 0 Å². The Hall–Kier alpha value is -0.380. The summed E-state index contributed by atoms with van der Waals surface area (Å²) in [4.78, 5) is 2.52. The highest BCUT2D eigenvalue weighted by molar-refractivity contribution is 5.03. The summed E-state index contributed by atoms with van der Waals surface area (Å²) in [5, 5.41) is 3.81. The molecule has 0 spiro atoms. The lowest BCUT2D eigenvalue weighted by molar-refractivity contribution is 0.134. The minimum absolute atomic E-state index is 0.211. The van der Waals surface area contributed by atoms with Gasteiger partial charge in [0.25, 0.3) is 0 Å². The van der Waals surface area contributed by atoms with Gasteiger partial charge in [0.15, 0.2) is 0 Å². The van der Waals surface area contributed by atoms with E-state index in [2.05, 4.69) is 29.3 Å². The van der Waals surface area contributed by atoms with Crippen LogP contribution in [0.15, 0.2) is 12.2 Å². The molecule has 16 heavy (non-hydrogen) atoms. The van der Waals surface area contributed by atoms with Gasteiger partial charge in [-0.15, -0.1) is 0 Å². The minimum atomic E-state index is 0.211. The molecule has 0 radical (unpaired) electrons. The zero-order valence-electron chi connectivity index (χ0n) is 10.4. The fourth-order valence-electron chi connectivity index (χ4n) is 2.87. The Morgan fingerprint density at radius 2 is 1.94 bits per heavy atom. The highest BCUT2D eigenvalue weighted by atomic mass is 15.2. The molecule has 3 heteroatoms. The molecule has 0 amide bonds. The molecule has 0 bridgehead atoms. The van der Waals surface area contributed by atoms with Crippen LogP contribution in [0.1, 0.15) is 32.6 Å². The monoisotopic (exact) mass is 223 g/mol. The molecular weight excluding hydrogens is 198 g/mol. The largest absolute Gasteiger partial charge is 0.329 e. The van der Waals surface area contributed by atoms with Crippen LogP contribution in [-0.4, -0.2) is 42.7 Å². The Bertz CT molecular complexity index is 234. The Morgan fingerprint density at radius 3 is 2.44 bits per heavy atom. The van der Waals surface area contributed by atoms with Crippen LogP contribution in [0.2, 0.25) is 0 Å². The van der Waals surface area contributed by atoms with Crippen LogP contribution in [0, 0.1) is 0 Å². The van der Waals surface area contributed by atoms with E-state index < -0.39 is 0 Å². The Balaban J connectivity index is 1.87. The lowest BCUT2D eigenvalue weighted by Gasteiger charge is -2.43. The van der Waals surface area contributed by atoms with Gasteiger partial charge in [0.2, 0.25) is 0 Å². The van der Waals surface area contributed by atoms with E-state index in [0.717, 1.165) is 6.54 Å². The van der Waals surface area contributed by atoms with Crippen LogP contribution in [0.3, 0.4) is 0 Å². The number of likely N-dealkylation sites (tertiary alicyclic amines) is 1. The summed E-state index contributed by atoms with van der Waals surface area (Å²) in [5.74, 6) is 0. The standard InChI is InChI=1S/C13H25N3/c1-2-16-9-7-13(11-14,8-10-16)15-12-5-3-4-6-12/h3-4,12,15H,2,5-11,14H2,1H3. The van der Waals surface area contributed by atoms with Crippen LogP contribution < -0.4 is 11.1 Å². The first kappa shape index (κ1) is 12.1. The molecule has 3 N–H and O–H groups in total. The van der Waals surface area contributed by atoms with Crippen LogP contribution in [0.4, 0.5) is 0 Å². The fourth-order valence-corrected chi connectivity index (χ4v) is 2.87. The smallest absolute Gasteiger partial charge is 0.0331 e. The predicted octanol–water partition coefficient (Wildman–Crippen LogP) is 1.11. The Labute approximate surface area is 99.1 Å². The van der Waals surface area contributed by atoms with Crippen molar-refractivity contribution in [1.82, 2.24) is 10.2 Å². The number of nitrogens with one attached hydrogen (secondary N) is 1. The van der Waals surface area contributed by atoms with Gasteiger partial charge in [-0.05, 0) is 45.3 Å². The van der Waals surface area contributed by atoms with Gasteiger partial charge < -0.3 is 16.0 Å². The second-order valence-electron chi connectivity index (χ2n) is 5.20. The van der Waals surface area contributed by atoms with Crippen molar-refractivity contribution in [3.63, 3.8) is 0 Å². The van der Waals surface area contributed by atoms with Crippen molar-refractivity contribution in [3.8, 4) is 0 Å². The molecule has 0 aromatic heterocycles. The van der Waals surface area contributed by atoms with E-state index in [1.54, 1.807) is 0 Å². The van der Waals surface area contributed by atoms with Crippen molar-refractivity contribution in [2.24, 2.45) is 5.73 Å². The first-order valence-corrected chi connectivity index (χ1v) is 6.63. The van der Waals surface area contributed by atoms with Crippen molar-refractivity contribution in [2.75, 3.05) is 26.2 Å². The maximum absolute atomic E-state index is 6.00. The summed E-state index contributed by atoms with van der Waals surface area (Å²) in [6, 6.07) is 0.636. The summed E-state index contributed by atoms with van der Waals surface area (Å²) >= 11 is 0. The van der Waals surface area contributed by atoms with E-state index >= 15 is 0 Å². The van der Waals surface area contributed by atoms with Crippen LogP contribution in [0.25, 0.3) is 0 Å². The van der Waals surface area contributed by atoms with Crippen molar-refractivity contribution in [3.05, 3.63) is 12.2 Å². The predicted molar refractivity (Wildman–Crippen MR) is 68.4 cm³/mol. The fraction of sp³-hybridized carbons (Fsp3) is 0.846. The molecule has 1 saturated heterocycles. The van der Waals surface area contributed by atoms with Gasteiger partial charge in [0.1, 0.15) is 0 Å². The average molecular weight is 223 g/mol. The highest BCUT2D eigenvalue weighted by Gasteiger charge is 2.34. The minimum Gasteiger partial charge on any atom is -0.329 e. The normalized spacial score (nSPS) is 26.4. The molecule has 1 aliphatic carbocycles.